The number of pyridine rings is 1. The van der Waals surface area contributed by atoms with Gasteiger partial charge in [-0.05, 0) is 37.1 Å². The van der Waals surface area contributed by atoms with Crippen LogP contribution in [0.4, 0.5) is 5.82 Å². The van der Waals surface area contributed by atoms with Crippen LogP contribution < -0.4 is 11.3 Å². The summed E-state index contributed by atoms with van der Waals surface area (Å²) in [7, 11) is 0. The molecule has 154 valence electrons. The van der Waals surface area contributed by atoms with Crippen LogP contribution in [0.2, 0.25) is 5.15 Å². The first kappa shape index (κ1) is 19.1. The van der Waals surface area contributed by atoms with Crippen molar-refractivity contribution in [1.82, 2.24) is 34.3 Å². The van der Waals surface area contributed by atoms with E-state index in [0.717, 1.165) is 16.8 Å². The standard InChI is InChI=1S/C21H17ClN8O/c1-11-5-3-4-6-13(11)30-14(27-19-15(21(30)31)12(2)7-8-24-19)9-29-20-16(17(22)28-29)18(23)25-10-26-20/h3-8,10H,9H2,1-2H3,(H2,23,25,26). The highest BCUT2D eigenvalue weighted by molar-refractivity contribution is 6.35. The molecule has 0 saturated carbocycles. The van der Waals surface area contributed by atoms with Crippen molar-refractivity contribution in [3.05, 3.63) is 75.3 Å². The van der Waals surface area contributed by atoms with Crippen molar-refractivity contribution in [3.63, 3.8) is 0 Å². The summed E-state index contributed by atoms with van der Waals surface area (Å²) in [6.07, 6.45) is 2.99. The minimum absolute atomic E-state index is 0.134. The zero-order chi connectivity index (χ0) is 21.7. The van der Waals surface area contributed by atoms with Gasteiger partial charge < -0.3 is 5.73 Å². The van der Waals surface area contributed by atoms with Crippen molar-refractivity contribution < 1.29 is 0 Å². The summed E-state index contributed by atoms with van der Waals surface area (Å²) < 4.78 is 3.16. The Labute approximate surface area is 181 Å². The fourth-order valence-corrected chi connectivity index (χ4v) is 3.97. The van der Waals surface area contributed by atoms with Crippen LogP contribution in [0, 0.1) is 13.8 Å². The van der Waals surface area contributed by atoms with E-state index in [1.807, 2.05) is 38.1 Å². The summed E-state index contributed by atoms with van der Waals surface area (Å²) in [5, 5.41) is 5.48. The molecule has 4 aromatic heterocycles. The smallest absolute Gasteiger partial charge is 0.267 e. The third-order valence-electron chi connectivity index (χ3n) is 5.21. The molecular weight excluding hydrogens is 416 g/mol. The second-order valence-electron chi connectivity index (χ2n) is 7.19. The van der Waals surface area contributed by atoms with Gasteiger partial charge in [-0.3, -0.25) is 9.36 Å². The maximum Gasteiger partial charge on any atom is 0.267 e. The average Bonchev–Trinajstić information content (AvgIpc) is 3.05. The van der Waals surface area contributed by atoms with Gasteiger partial charge >= 0.3 is 0 Å². The summed E-state index contributed by atoms with van der Waals surface area (Å²) in [6, 6.07) is 9.43. The molecule has 9 nitrogen and oxygen atoms in total. The SMILES string of the molecule is Cc1ccccc1-n1c(Cn2nc(Cl)c3c(N)ncnc32)nc2nccc(C)c2c1=O. The Bertz CT molecular complexity index is 1540. The number of rotatable bonds is 3. The normalized spacial score (nSPS) is 11.5. The van der Waals surface area contributed by atoms with Crippen LogP contribution in [0.25, 0.3) is 27.8 Å². The minimum Gasteiger partial charge on any atom is -0.383 e. The first-order chi connectivity index (χ1) is 15.0. The van der Waals surface area contributed by atoms with Gasteiger partial charge in [-0.1, -0.05) is 29.8 Å². The van der Waals surface area contributed by atoms with E-state index in [0.29, 0.717) is 27.9 Å². The van der Waals surface area contributed by atoms with Gasteiger partial charge in [0.05, 0.1) is 11.1 Å². The molecular formula is C21H17ClN8O. The Morgan fingerprint density at radius 1 is 1.03 bits per heavy atom. The molecule has 0 unspecified atom stereocenters. The molecule has 0 amide bonds. The second kappa shape index (κ2) is 7.13. The first-order valence-corrected chi connectivity index (χ1v) is 9.89. The van der Waals surface area contributed by atoms with Crippen molar-refractivity contribution in [3.8, 4) is 5.69 Å². The molecule has 5 rings (SSSR count). The number of hydrogen-bond donors (Lipinski definition) is 1. The third-order valence-corrected chi connectivity index (χ3v) is 5.48. The van der Waals surface area contributed by atoms with E-state index >= 15 is 0 Å². The molecule has 0 saturated heterocycles. The second-order valence-corrected chi connectivity index (χ2v) is 7.55. The van der Waals surface area contributed by atoms with Gasteiger partial charge in [-0.15, -0.1) is 0 Å². The predicted octanol–water partition coefficient (Wildman–Crippen LogP) is 2.82. The number of aryl methyl sites for hydroxylation is 2. The highest BCUT2D eigenvalue weighted by atomic mass is 35.5. The van der Waals surface area contributed by atoms with Crippen LogP contribution in [0.15, 0.2) is 47.7 Å². The lowest BCUT2D eigenvalue weighted by atomic mass is 10.1. The molecule has 0 radical (unpaired) electrons. The molecule has 5 aromatic rings. The van der Waals surface area contributed by atoms with Crippen molar-refractivity contribution in [2.75, 3.05) is 5.73 Å². The Morgan fingerprint density at radius 3 is 2.65 bits per heavy atom. The Hall–Kier alpha value is -3.85. The van der Waals surface area contributed by atoms with Crippen molar-refractivity contribution >= 4 is 39.5 Å². The number of fused-ring (bicyclic) bond motifs is 2. The Morgan fingerprint density at radius 2 is 1.84 bits per heavy atom. The van der Waals surface area contributed by atoms with Gasteiger partial charge in [0.2, 0.25) is 0 Å². The van der Waals surface area contributed by atoms with Gasteiger partial charge in [0, 0.05) is 6.20 Å². The molecule has 0 fully saturated rings. The van der Waals surface area contributed by atoms with Gasteiger partial charge in [0.1, 0.15) is 29.9 Å². The van der Waals surface area contributed by atoms with Crippen LogP contribution in [0.5, 0.6) is 0 Å². The summed E-state index contributed by atoms with van der Waals surface area (Å²) in [5.74, 6) is 0.685. The molecule has 0 aliphatic carbocycles. The van der Waals surface area contributed by atoms with Crippen LogP contribution in [-0.4, -0.2) is 34.3 Å². The number of halogens is 1. The first-order valence-electron chi connectivity index (χ1n) is 9.51. The van der Waals surface area contributed by atoms with Crippen molar-refractivity contribution in [2.24, 2.45) is 0 Å². The van der Waals surface area contributed by atoms with E-state index in [-0.39, 0.29) is 23.1 Å². The summed E-state index contributed by atoms with van der Waals surface area (Å²) in [4.78, 5) is 30.9. The van der Waals surface area contributed by atoms with Crippen LogP contribution in [0.1, 0.15) is 17.0 Å². The van der Waals surface area contributed by atoms with Crippen LogP contribution >= 0.6 is 11.6 Å². The summed E-state index contributed by atoms with van der Waals surface area (Å²) in [5.41, 5.74) is 9.06. The lowest BCUT2D eigenvalue weighted by Gasteiger charge is -2.16. The quantitative estimate of drug-likeness (QED) is 0.465. The molecule has 1 aromatic carbocycles. The van der Waals surface area contributed by atoms with Gasteiger partial charge in [-0.25, -0.2) is 24.6 Å². The number of nitrogens with two attached hydrogens (primary N) is 1. The number of aromatic nitrogens is 7. The number of nitrogen functional groups attached to an aromatic ring is 1. The molecule has 0 aliphatic rings. The monoisotopic (exact) mass is 432 g/mol. The van der Waals surface area contributed by atoms with Crippen molar-refractivity contribution in [2.45, 2.75) is 20.4 Å². The summed E-state index contributed by atoms with van der Waals surface area (Å²) in [6.45, 7) is 3.95. The van der Waals surface area contributed by atoms with Crippen molar-refractivity contribution in [1.29, 1.82) is 0 Å². The molecule has 4 heterocycles. The largest absolute Gasteiger partial charge is 0.383 e. The highest BCUT2D eigenvalue weighted by Gasteiger charge is 2.20. The molecule has 0 atom stereocenters. The molecule has 31 heavy (non-hydrogen) atoms. The average molecular weight is 433 g/mol. The molecule has 0 aliphatic heterocycles. The van der Waals surface area contributed by atoms with E-state index in [1.165, 1.54) is 6.33 Å². The zero-order valence-electron chi connectivity index (χ0n) is 16.7. The predicted molar refractivity (Wildman–Crippen MR) is 118 cm³/mol. The lowest BCUT2D eigenvalue weighted by Crippen LogP contribution is -2.27. The van der Waals surface area contributed by atoms with Crippen LogP contribution in [-0.2, 0) is 6.54 Å². The van der Waals surface area contributed by atoms with E-state index in [4.69, 9.17) is 22.3 Å². The van der Waals surface area contributed by atoms with E-state index in [2.05, 4.69) is 20.1 Å². The minimum atomic E-state index is -0.198. The maximum atomic E-state index is 13.6. The van der Waals surface area contributed by atoms with Crippen LogP contribution in [0.3, 0.4) is 0 Å². The summed E-state index contributed by atoms with van der Waals surface area (Å²) >= 11 is 6.29. The van der Waals surface area contributed by atoms with E-state index in [1.54, 1.807) is 21.5 Å². The zero-order valence-corrected chi connectivity index (χ0v) is 17.5. The molecule has 10 heteroatoms. The molecule has 2 N–H and O–H groups in total. The fourth-order valence-electron chi connectivity index (χ4n) is 3.69. The lowest BCUT2D eigenvalue weighted by molar-refractivity contribution is 0.648. The van der Waals surface area contributed by atoms with E-state index < -0.39 is 0 Å². The number of nitrogens with zero attached hydrogens (tertiary/aromatic N) is 7. The Balaban J connectivity index is 1.82. The Kier molecular flexibility index (Phi) is 4.40. The van der Waals surface area contributed by atoms with Gasteiger partial charge in [0.25, 0.3) is 5.56 Å². The highest BCUT2D eigenvalue weighted by Crippen LogP contribution is 2.26. The number of benzene rings is 1. The number of hydrogen-bond acceptors (Lipinski definition) is 7. The topological polar surface area (TPSA) is 117 Å². The third kappa shape index (κ3) is 3.01. The number of para-hydroxylation sites is 1. The fraction of sp³-hybridized carbons (Fsp3) is 0.143. The number of anilines is 1. The molecule has 0 spiro atoms. The molecule has 0 bridgehead atoms. The van der Waals surface area contributed by atoms with Gasteiger partial charge in [0.15, 0.2) is 16.4 Å². The van der Waals surface area contributed by atoms with Gasteiger partial charge in [-0.2, -0.15) is 5.10 Å². The van der Waals surface area contributed by atoms with E-state index in [9.17, 15) is 4.79 Å². The maximum absolute atomic E-state index is 13.6.